The van der Waals surface area contributed by atoms with Crippen LogP contribution in [0, 0.1) is 6.92 Å². The van der Waals surface area contributed by atoms with Crippen molar-refractivity contribution < 1.29 is 19.3 Å². The van der Waals surface area contributed by atoms with Crippen LogP contribution in [-0.4, -0.2) is 49.3 Å². The van der Waals surface area contributed by atoms with Crippen LogP contribution in [0.3, 0.4) is 0 Å². The molecule has 0 aliphatic carbocycles. The number of anilines is 1. The molecule has 134 valence electrons. The standard InChI is InChI=1S/C20H21N3O3/c1-14-7-9-15(10-8-14)21-18(24)13-22(2)11-12-23-19(25)16-5-3-4-6-17(16)20(23)26/h3-10H,11-13H2,1-2H3,(H,21,24)/p+1. The maximum Gasteiger partial charge on any atom is 0.279 e. The molecule has 1 aliphatic rings. The van der Waals surface area contributed by atoms with Gasteiger partial charge in [0.1, 0.15) is 0 Å². The van der Waals surface area contributed by atoms with E-state index in [1.807, 2.05) is 38.2 Å². The van der Waals surface area contributed by atoms with Gasteiger partial charge in [0.2, 0.25) is 0 Å². The summed E-state index contributed by atoms with van der Waals surface area (Å²) in [4.78, 5) is 39.0. The molecule has 0 aromatic heterocycles. The third kappa shape index (κ3) is 3.81. The number of hydrogen-bond donors (Lipinski definition) is 2. The number of carbonyl (C=O) groups excluding carboxylic acids is 3. The third-order valence-electron chi connectivity index (χ3n) is 4.44. The van der Waals surface area contributed by atoms with E-state index in [1.54, 1.807) is 24.3 Å². The number of rotatable bonds is 6. The molecular weight excluding hydrogens is 330 g/mol. The summed E-state index contributed by atoms with van der Waals surface area (Å²) in [6.07, 6.45) is 0. The van der Waals surface area contributed by atoms with Crippen molar-refractivity contribution >= 4 is 23.4 Å². The monoisotopic (exact) mass is 352 g/mol. The average Bonchev–Trinajstić information content (AvgIpc) is 2.86. The minimum Gasteiger partial charge on any atom is -0.328 e. The Labute approximate surface area is 152 Å². The normalized spacial score (nSPS) is 14.3. The molecule has 1 atom stereocenters. The molecule has 0 saturated heterocycles. The number of quaternary nitrogens is 1. The molecule has 2 aromatic carbocycles. The minimum absolute atomic E-state index is 0.103. The number of amides is 3. The zero-order chi connectivity index (χ0) is 18.7. The van der Waals surface area contributed by atoms with Crippen LogP contribution >= 0.6 is 0 Å². The van der Waals surface area contributed by atoms with Crippen LogP contribution in [-0.2, 0) is 4.79 Å². The molecule has 2 aromatic rings. The highest BCUT2D eigenvalue weighted by atomic mass is 16.2. The van der Waals surface area contributed by atoms with E-state index in [9.17, 15) is 14.4 Å². The van der Waals surface area contributed by atoms with E-state index in [1.165, 1.54) is 4.90 Å². The maximum absolute atomic E-state index is 12.3. The zero-order valence-corrected chi connectivity index (χ0v) is 14.9. The summed E-state index contributed by atoms with van der Waals surface area (Å²) in [7, 11) is 1.87. The first kappa shape index (κ1) is 17.8. The van der Waals surface area contributed by atoms with Crippen molar-refractivity contribution in [2.75, 3.05) is 32.0 Å². The summed E-state index contributed by atoms with van der Waals surface area (Å²) in [6, 6.07) is 14.4. The van der Waals surface area contributed by atoms with Crippen LogP contribution in [0.1, 0.15) is 26.3 Å². The van der Waals surface area contributed by atoms with Crippen molar-refractivity contribution in [3.05, 3.63) is 65.2 Å². The number of fused-ring (bicyclic) bond motifs is 1. The molecule has 6 heteroatoms. The Hall–Kier alpha value is -2.99. The van der Waals surface area contributed by atoms with Crippen molar-refractivity contribution in [2.24, 2.45) is 0 Å². The summed E-state index contributed by atoms with van der Waals surface area (Å²) >= 11 is 0. The fourth-order valence-corrected chi connectivity index (χ4v) is 2.95. The van der Waals surface area contributed by atoms with Crippen molar-refractivity contribution in [2.45, 2.75) is 6.92 Å². The first-order valence-corrected chi connectivity index (χ1v) is 8.59. The van der Waals surface area contributed by atoms with E-state index in [-0.39, 0.29) is 30.8 Å². The van der Waals surface area contributed by atoms with Crippen molar-refractivity contribution in [1.29, 1.82) is 0 Å². The van der Waals surface area contributed by atoms with Crippen molar-refractivity contribution in [1.82, 2.24) is 4.90 Å². The quantitative estimate of drug-likeness (QED) is 0.754. The maximum atomic E-state index is 12.3. The van der Waals surface area contributed by atoms with Gasteiger partial charge in [-0.3, -0.25) is 19.3 Å². The summed E-state index contributed by atoms with van der Waals surface area (Å²) in [5.74, 6) is -0.626. The van der Waals surface area contributed by atoms with Gasteiger partial charge >= 0.3 is 0 Å². The average molecular weight is 352 g/mol. The molecule has 1 unspecified atom stereocenters. The minimum atomic E-state index is -0.262. The van der Waals surface area contributed by atoms with E-state index < -0.39 is 0 Å². The molecule has 2 N–H and O–H groups in total. The third-order valence-corrected chi connectivity index (χ3v) is 4.44. The number of nitrogens with one attached hydrogen (secondary N) is 2. The predicted molar refractivity (Wildman–Crippen MR) is 98.2 cm³/mol. The Morgan fingerprint density at radius 1 is 1.00 bits per heavy atom. The van der Waals surface area contributed by atoms with Crippen LogP contribution < -0.4 is 10.2 Å². The van der Waals surface area contributed by atoms with E-state index in [4.69, 9.17) is 0 Å². The molecular formula is C20H22N3O3+. The first-order valence-electron chi connectivity index (χ1n) is 8.59. The molecule has 6 nitrogen and oxygen atoms in total. The lowest BCUT2D eigenvalue weighted by molar-refractivity contribution is -0.870. The van der Waals surface area contributed by atoms with Crippen LogP contribution in [0.5, 0.6) is 0 Å². The Balaban J connectivity index is 1.51. The molecule has 26 heavy (non-hydrogen) atoms. The van der Waals surface area contributed by atoms with Gasteiger partial charge in [0, 0.05) is 5.69 Å². The van der Waals surface area contributed by atoms with Crippen molar-refractivity contribution in [3.8, 4) is 0 Å². The Morgan fingerprint density at radius 2 is 1.58 bits per heavy atom. The van der Waals surface area contributed by atoms with Crippen LogP contribution in [0.4, 0.5) is 5.69 Å². The van der Waals surface area contributed by atoms with E-state index in [0.29, 0.717) is 17.7 Å². The summed E-state index contributed by atoms with van der Waals surface area (Å²) in [5, 5.41) is 2.85. The topological polar surface area (TPSA) is 70.9 Å². The van der Waals surface area contributed by atoms with Gasteiger partial charge < -0.3 is 10.2 Å². The number of carbonyl (C=O) groups is 3. The number of nitrogens with zero attached hydrogens (tertiary/aromatic N) is 1. The summed E-state index contributed by atoms with van der Waals surface area (Å²) in [6.45, 7) is 3.04. The van der Waals surface area contributed by atoms with Gasteiger partial charge in [-0.25, -0.2) is 0 Å². The highest BCUT2D eigenvalue weighted by Crippen LogP contribution is 2.21. The van der Waals surface area contributed by atoms with Crippen molar-refractivity contribution in [3.63, 3.8) is 0 Å². The fourth-order valence-electron chi connectivity index (χ4n) is 2.95. The van der Waals surface area contributed by atoms with E-state index >= 15 is 0 Å². The lowest BCUT2D eigenvalue weighted by atomic mass is 10.1. The number of imide groups is 1. The Bertz CT molecular complexity index is 811. The highest BCUT2D eigenvalue weighted by Gasteiger charge is 2.35. The van der Waals surface area contributed by atoms with Crippen LogP contribution in [0.2, 0.25) is 0 Å². The fraction of sp³-hybridized carbons (Fsp3) is 0.250. The second kappa shape index (κ2) is 7.49. The lowest BCUT2D eigenvalue weighted by Gasteiger charge is -2.18. The Morgan fingerprint density at radius 3 is 2.15 bits per heavy atom. The molecule has 0 spiro atoms. The smallest absolute Gasteiger partial charge is 0.279 e. The molecule has 3 rings (SSSR count). The molecule has 0 fully saturated rings. The highest BCUT2D eigenvalue weighted by molar-refractivity contribution is 6.21. The summed E-state index contributed by atoms with van der Waals surface area (Å²) < 4.78 is 0. The molecule has 0 radical (unpaired) electrons. The SMILES string of the molecule is Cc1ccc(NC(=O)C[NH+](C)CCN2C(=O)c3ccccc3C2=O)cc1. The summed E-state index contributed by atoms with van der Waals surface area (Å²) in [5.41, 5.74) is 2.79. The van der Waals surface area contributed by atoms with Gasteiger partial charge in [0.05, 0.1) is 31.3 Å². The van der Waals surface area contributed by atoms with Gasteiger partial charge in [-0.1, -0.05) is 29.8 Å². The molecule has 1 aliphatic heterocycles. The zero-order valence-electron chi connectivity index (χ0n) is 14.9. The second-order valence-electron chi connectivity index (χ2n) is 6.61. The van der Waals surface area contributed by atoms with Gasteiger partial charge in [-0.2, -0.15) is 0 Å². The van der Waals surface area contributed by atoms with Gasteiger partial charge in [-0.15, -0.1) is 0 Å². The number of likely N-dealkylation sites (N-methyl/N-ethyl adjacent to an activating group) is 1. The van der Waals surface area contributed by atoms with Crippen LogP contribution in [0.25, 0.3) is 0 Å². The van der Waals surface area contributed by atoms with Crippen LogP contribution in [0.15, 0.2) is 48.5 Å². The largest absolute Gasteiger partial charge is 0.328 e. The lowest BCUT2D eigenvalue weighted by Crippen LogP contribution is -3.10. The number of hydrogen-bond acceptors (Lipinski definition) is 3. The number of benzene rings is 2. The molecule has 0 bridgehead atoms. The molecule has 0 saturated carbocycles. The predicted octanol–water partition coefficient (Wildman–Crippen LogP) is 0.744. The first-order chi connectivity index (χ1) is 12.5. The van der Waals surface area contributed by atoms with E-state index in [2.05, 4.69) is 5.32 Å². The van der Waals surface area contributed by atoms with Gasteiger partial charge in [0.25, 0.3) is 17.7 Å². The Kier molecular flexibility index (Phi) is 5.14. The van der Waals surface area contributed by atoms with Gasteiger partial charge in [-0.05, 0) is 31.2 Å². The van der Waals surface area contributed by atoms with E-state index in [0.717, 1.165) is 16.2 Å². The molecule has 1 heterocycles. The molecule has 3 amide bonds. The second-order valence-corrected chi connectivity index (χ2v) is 6.61. The van der Waals surface area contributed by atoms with Gasteiger partial charge in [0.15, 0.2) is 6.54 Å². The number of aryl methyl sites for hydroxylation is 1.